The summed E-state index contributed by atoms with van der Waals surface area (Å²) in [5, 5.41) is 12.8. The van der Waals surface area contributed by atoms with Crippen LogP contribution in [0, 0.1) is 0 Å². The van der Waals surface area contributed by atoms with Gasteiger partial charge in [0.05, 0.1) is 55.3 Å². The first kappa shape index (κ1) is 55.4. The molecule has 0 amide bonds. The molecule has 5 heterocycles. The first-order valence-corrected chi connectivity index (χ1v) is 34.2. The minimum atomic E-state index is -0.146. The highest BCUT2D eigenvalue weighted by Crippen LogP contribution is 2.51. The highest BCUT2D eigenvalue weighted by molar-refractivity contribution is 6.16. The molecular weight excluding hydrogens is 1200 g/mol. The highest BCUT2D eigenvalue weighted by atomic mass is 15.0. The maximum atomic E-state index is 5.87. The summed E-state index contributed by atoms with van der Waals surface area (Å²) in [6.07, 6.45) is 0. The second-order valence-electron chi connectivity index (χ2n) is 27.3. The largest absolute Gasteiger partial charge is 0.309 e. The Balaban J connectivity index is 0.820. The van der Waals surface area contributed by atoms with E-state index in [9.17, 15) is 0 Å². The molecule has 0 saturated carbocycles. The van der Waals surface area contributed by atoms with Crippen molar-refractivity contribution >= 4 is 109 Å². The molecule has 462 valence electrons. The van der Waals surface area contributed by atoms with Crippen LogP contribution in [0.5, 0.6) is 0 Å². The molecule has 15 aromatic carbocycles. The summed E-state index contributed by atoms with van der Waals surface area (Å²) in [5.41, 5.74) is 26.8. The van der Waals surface area contributed by atoms with Crippen molar-refractivity contribution in [1.82, 2.24) is 28.2 Å². The standard InChI is InChI=1S/C93H60N6/c1-93(2)80-32-16-11-27-69(80)77-53-62(40-46-81(77)93)90-76-45-37-57-21-9-10-26-68(57)91(76)95-92(94-90)63-49-66(98-82-33-17-12-28-70(82)74-43-38-60(54-88(74)98)58-41-47-86-78(51-58)72-30-14-19-35-84(72)96(86)64-22-5-3-6-23-64)56-67(50-63)99-83-34-18-13-29-71(83)75-44-39-61(55-89(75)99)59-42-48-87-79(52-59)73-31-15-20-36-85(73)97(87)65-24-7-4-8-25-65/h3-56H,1-2H3. The monoisotopic (exact) mass is 1260 g/mol. The molecule has 6 nitrogen and oxygen atoms in total. The van der Waals surface area contributed by atoms with Crippen molar-refractivity contribution in [2.45, 2.75) is 19.3 Å². The summed E-state index contributed by atoms with van der Waals surface area (Å²) < 4.78 is 9.75. The lowest BCUT2D eigenvalue weighted by molar-refractivity contribution is 0.660. The Morgan fingerprint density at radius 2 is 0.636 bits per heavy atom. The molecule has 5 aromatic heterocycles. The second kappa shape index (κ2) is 21.0. The summed E-state index contributed by atoms with van der Waals surface area (Å²) in [5.74, 6) is 0.645. The van der Waals surface area contributed by atoms with E-state index in [2.05, 4.69) is 360 Å². The van der Waals surface area contributed by atoms with E-state index in [1.54, 1.807) is 0 Å². The van der Waals surface area contributed by atoms with Gasteiger partial charge in [-0.05, 0) is 165 Å². The van der Waals surface area contributed by atoms with E-state index < -0.39 is 0 Å². The fourth-order valence-electron chi connectivity index (χ4n) is 16.9. The minimum Gasteiger partial charge on any atom is -0.309 e. The van der Waals surface area contributed by atoms with E-state index in [1.165, 1.54) is 87.4 Å². The number of rotatable bonds is 8. The third-order valence-electron chi connectivity index (χ3n) is 21.5. The number of benzene rings is 15. The van der Waals surface area contributed by atoms with Crippen molar-refractivity contribution in [3.05, 3.63) is 339 Å². The van der Waals surface area contributed by atoms with Gasteiger partial charge in [0.15, 0.2) is 5.82 Å². The quantitative estimate of drug-likeness (QED) is 0.142. The molecule has 20 aromatic rings. The molecule has 0 unspecified atom stereocenters. The van der Waals surface area contributed by atoms with Gasteiger partial charge in [-0.25, -0.2) is 9.97 Å². The maximum Gasteiger partial charge on any atom is 0.160 e. The van der Waals surface area contributed by atoms with Crippen LogP contribution in [0.4, 0.5) is 0 Å². The molecule has 1 aliphatic carbocycles. The number of hydrogen-bond donors (Lipinski definition) is 0. The maximum absolute atomic E-state index is 5.87. The number of para-hydroxylation sites is 6. The lowest BCUT2D eigenvalue weighted by Gasteiger charge is -2.21. The molecule has 99 heavy (non-hydrogen) atoms. The Labute approximate surface area is 570 Å². The summed E-state index contributed by atoms with van der Waals surface area (Å²) in [4.78, 5) is 11.7. The molecule has 0 saturated heterocycles. The van der Waals surface area contributed by atoms with Gasteiger partial charge in [-0.1, -0.05) is 226 Å². The average Bonchev–Trinajstić information content (AvgIpc) is 1.64. The van der Waals surface area contributed by atoms with E-state index in [0.29, 0.717) is 5.82 Å². The van der Waals surface area contributed by atoms with Crippen molar-refractivity contribution in [2.24, 2.45) is 0 Å². The fourth-order valence-corrected chi connectivity index (χ4v) is 16.9. The van der Waals surface area contributed by atoms with Crippen molar-refractivity contribution in [1.29, 1.82) is 0 Å². The number of nitrogens with zero attached hydrogens (tertiary/aromatic N) is 6. The van der Waals surface area contributed by atoms with E-state index in [4.69, 9.17) is 9.97 Å². The third kappa shape index (κ3) is 8.24. The van der Waals surface area contributed by atoms with Crippen LogP contribution in [-0.2, 0) is 5.41 Å². The van der Waals surface area contributed by atoms with Crippen LogP contribution in [0.15, 0.2) is 328 Å². The first-order valence-electron chi connectivity index (χ1n) is 34.2. The van der Waals surface area contributed by atoms with E-state index in [1.807, 2.05) is 0 Å². The third-order valence-corrected chi connectivity index (χ3v) is 21.5. The lowest BCUT2D eigenvalue weighted by atomic mass is 9.82. The number of fused-ring (bicyclic) bond motifs is 18. The second-order valence-corrected chi connectivity index (χ2v) is 27.3. The van der Waals surface area contributed by atoms with Crippen molar-refractivity contribution < 1.29 is 0 Å². The molecule has 0 atom stereocenters. The van der Waals surface area contributed by atoms with Gasteiger partial charge in [0.2, 0.25) is 0 Å². The van der Waals surface area contributed by atoms with Gasteiger partial charge in [0.25, 0.3) is 0 Å². The van der Waals surface area contributed by atoms with E-state index >= 15 is 0 Å². The minimum absolute atomic E-state index is 0.146. The molecule has 6 heteroatoms. The SMILES string of the molecule is CC1(C)c2ccccc2-c2cc(-c3nc(-c4cc(-n5c6ccccc6c6ccc(-c7ccc8c(c7)c7ccccc7n8-c7ccccc7)cc65)cc(-n5c6ccccc6c6ccc(-c7ccc8c(c7)c7ccccc7n8-c7ccccc7)cc65)c4)nc4c3ccc3ccccc34)ccc21. The van der Waals surface area contributed by atoms with Crippen LogP contribution in [0.2, 0.25) is 0 Å². The van der Waals surface area contributed by atoms with Crippen molar-refractivity contribution in [3.63, 3.8) is 0 Å². The topological polar surface area (TPSA) is 45.5 Å². The smallest absolute Gasteiger partial charge is 0.160 e. The van der Waals surface area contributed by atoms with Crippen molar-refractivity contribution in [3.8, 4) is 78.8 Å². The molecular formula is C93H60N6. The number of aromatic nitrogens is 6. The normalized spacial score (nSPS) is 12.8. The summed E-state index contributed by atoms with van der Waals surface area (Å²) in [6.45, 7) is 4.69. The van der Waals surface area contributed by atoms with Crippen LogP contribution in [0.1, 0.15) is 25.0 Å². The lowest BCUT2D eigenvalue weighted by Crippen LogP contribution is -2.14. The van der Waals surface area contributed by atoms with Gasteiger partial charge in [0, 0.05) is 93.2 Å². The van der Waals surface area contributed by atoms with Gasteiger partial charge in [0.1, 0.15) is 0 Å². The predicted molar refractivity (Wildman–Crippen MR) is 414 cm³/mol. The molecule has 0 fully saturated rings. The van der Waals surface area contributed by atoms with Gasteiger partial charge < -0.3 is 18.3 Å². The zero-order valence-corrected chi connectivity index (χ0v) is 54.4. The Hall–Kier alpha value is -12.9. The Morgan fingerprint density at radius 3 is 1.19 bits per heavy atom. The average molecular weight is 1260 g/mol. The van der Waals surface area contributed by atoms with Crippen LogP contribution in [-0.4, -0.2) is 28.2 Å². The zero-order chi connectivity index (χ0) is 65.2. The molecule has 0 aliphatic heterocycles. The molecule has 0 N–H and O–H groups in total. The summed E-state index contributed by atoms with van der Waals surface area (Å²) in [7, 11) is 0. The van der Waals surface area contributed by atoms with Gasteiger partial charge in [-0.3, -0.25) is 0 Å². The predicted octanol–water partition coefficient (Wildman–Crippen LogP) is 24.1. The molecule has 1 aliphatic rings. The molecule has 0 spiro atoms. The van der Waals surface area contributed by atoms with E-state index in [-0.39, 0.29) is 5.41 Å². The summed E-state index contributed by atoms with van der Waals surface area (Å²) in [6, 6.07) is 121. The van der Waals surface area contributed by atoms with Crippen LogP contribution in [0.3, 0.4) is 0 Å². The Bertz CT molecular complexity index is 6520. The fraction of sp³-hybridized carbons (Fsp3) is 0.0323. The Kier molecular flexibility index (Phi) is 11.8. The highest BCUT2D eigenvalue weighted by Gasteiger charge is 2.35. The van der Waals surface area contributed by atoms with Crippen LogP contribution in [0.25, 0.3) is 188 Å². The van der Waals surface area contributed by atoms with Crippen LogP contribution >= 0.6 is 0 Å². The van der Waals surface area contributed by atoms with Gasteiger partial charge in [-0.2, -0.15) is 0 Å². The Morgan fingerprint density at radius 1 is 0.232 bits per heavy atom. The van der Waals surface area contributed by atoms with Crippen LogP contribution < -0.4 is 0 Å². The molecule has 21 rings (SSSR count). The van der Waals surface area contributed by atoms with Crippen molar-refractivity contribution in [2.75, 3.05) is 0 Å². The van der Waals surface area contributed by atoms with Gasteiger partial charge in [-0.15, -0.1) is 0 Å². The van der Waals surface area contributed by atoms with E-state index in [0.717, 1.165) is 106 Å². The zero-order valence-electron chi connectivity index (χ0n) is 54.4. The molecule has 0 radical (unpaired) electrons. The molecule has 0 bridgehead atoms. The first-order chi connectivity index (χ1) is 48.8. The number of hydrogen-bond acceptors (Lipinski definition) is 2. The van der Waals surface area contributed by atoms with Gasteiger partial charge >= 0.3 is 0 Å². The summed E-state index contributed by atoms with van der Waals surface area (Å²) >= 11 is 0.